The van der Waals surface area contributed by atoms with E-state index in [2.05, 4.69) is 20.6 Å². The Morgan fingerprint density at radius 1 is 1.03 bits per heavy atom. The molecule has 0 radical (unpaired) electrons. The van der Waals surface area contributed by atoms with Crippen LogP contribution in [0, 0.1) is 0 Å². The van der Waals surface area contributed by atoms with Crippen LogP contribution in [0.15, 0.2) is 77.6 Å². The van der Waals surface area contributed by atoms with Crippen LogP contribution in [0.5, 0.6) is 0 Å². The van der Waals surface area contributed by atoms with Gasteiger partial charge >= 0.3 is 0 Å². The van der Waals surface area contributed by atoms with Crippen molar-refractivity contribution in [2.75, 3.05) is 6.54 Å². The third kappa shape index (κ3) is 3.74. The molecular weight excluding hydrogens is 426 g/mol. The molecule has 0 aliphatic rings. The van der Waals surface area contributed by atoms with Crippen LogP contribution in [0.4, 0.5) is 0 Å². The molecule has 3 aromatic carbocycles. The number of aromatic nitrogens is 4. The average Bonchev–Trinajstić information content (AvgIpc) is 3.24. The predicted octanol–water partition coefficient (Wildman–Crippen LogP) is 3.86. The summed E-state index contributed by atoms with van der Waals surface area (Å²) in [6, 6.07) is 21.9. The minimum atomic E-state index is -0.367. The van der Waals surface area contributed by atoms with Gasteiger partial charge in [-0.15, -0.1) is 0 Å². The first-order valence-electron chi connectivity index (χ1n) is 10.1. The van der Waals surface area contributed by atoms with Gasteiger partial charge in [0, 0.05) is 22.7 Å². The molecule has 0 spiro atoms. The van der Waals surface area contributed by atoms with Crippen molar-refractivity contribution < 1.29 is 4.79 Å². The number of nitrogens with zero attached hydrogens (tertiary/aromatic N) is 3. The normalized spacial score (nSPS) is 11.2. The molecule has 2 N–H and O–H groups in total. The second-order valence-electron chi connectivity index (χ2n) is 7.37. The SMILES string of the molecule is O=C(NCCc1ccc(Cl)cc1)c1ccc2c(=O)nc3c(-c4ccccc4)n[nH]n3c2c1. The Morgan fingerprint density at radius 2 is 1.81 bits per heavy atom. The summed E-state index contributed by atoms with van der Waals surface area (Å²) in [6.07, 6.45) is 0.686. The van der Waals surface area contributed by atoms with E-state index in [1.807, 2.05) is 54.6 Å². The average molecular weight is 444 g/mol. The number of amides is 1. The molecule has 1 amide bonds. The number of carbonyl (C=O) groups excluding carboxylic acids is 1. The lowest BCUT2D eigenvalue weighted by molar-refractivity contribution is 0.0954. The molecule has 7 nitrogen and oxygen atoms in total. The number of hydrogen-bond acceptors (Lipinski definition) is 4. The molecule has 0 unspecified atom stereocenters. The molecule has 0 aliphatic heterocycles. The van der Waals surface area contributed by atoms with Gasteiger partial charge in [0.05, 0.1) is 10.9 Å². The van der Waals surface area contributed by atoms with Gasteiger partial charge < -0.3 is 5.32 Å². The smallest absolute Gasteiger partial charge is 0.281 e. The van der Waals surface area contributed by atoms with E-state index in [0.29, 0.717) is 45.8 Å². The summed E-state index contributed by atoms with van der Waals surface area (Å²) in [4.78, 5) is 29.6. The highest BCUT2D eigenvalue weighted by Crippen LogP contribution is 2.22. The quantitative estimate of drug-likeness (QED) is 0.431. The molecule has 0 fully saturated rings. The third-order valence-electron chi connectivity index (χ3n) is 5.28. The van der Waals surface area contributed by atoms with Crippen LogP contribution in [-0.4, -0.2) is 32.3 Å². The number of hydrogen-bond donors (Lipinski definition) is 2. The van der Waals surface area contributed by atoms with E-state index in [9.17, 15) is 9.59 Å². The van der Waals surface area contributed by atoms with Crippen molar-refractivity contribution in [3.63, 3.8) is 0 Å². The Bertz CT molecular complexity index is 1490. The summed E-state index contributed by atoms with van der Waals surface area (Å²) >= 11 is 5.91. The topological polar surface area (TPSA) is 92.2 Å². The van der Waals surface area contributed by atoms with E-state index in [0.717, 1.165) is 11.1 Å². The van der Waals surface area contributed by atoms with Crippen molar-refractivity contribution in [3.8, 4) is 11.3 Å². The maximum atomic E-state index is 12.7. The number of halogens is 1. The fourth-order valence-corrected chi connectivity index (χ4v) is 3.76. The molecule has 5 aromatic rings. The minimum Gasteiger partial charge on any atom is -0.352 e. The lowest BCUT2D eigenvalue weighted by Crippen LogP contribution is -2.25. The van der Waals surface area contributed by atoms with Crippen molar-refractivity contribution in [3.05, 3.63) is 99.3 Å². The van der Waals surface area contributed by atoms with Gasteiger partial charge in [-0.3, -0.25) is 9.59 Å². The summed E-state index contributed by atoms with van der Waals surface area (Å²) in [5.41, 5.74) is 3.53. The van der Waals surface area contributed by atoms with E-state index in [1.54, 1.807) is 22.7 Å². The Balaban J connectivity index is 1.45. The van der Waals surface area contributed by atoms with Gasteiger partial charge in [0.1, 0.15) is 5.69 Å². The van der Waals surface area contributed by atoms with Gasteiger partial charge in [0.2, 0.25) is 0 Å². The van der Waals surface area contributed by atoms with Crippen molar-refractivity contribution in [1.82, 2.24) is 25.1 Å². The van der Waals surface area contributed by atoms with Crippen LogP contribution in [-0.2, 0) is 6.42 Å². The highest BCUT2D eigenvalue weighted by atomic mass is 35.5. The monoisotopic (exact) mass is 443 g/mol. The first kappa shape index (κ1) is 20.0. The summed E-state index contributed by atoms with van der Waals surface area (Å²) < 4.78 is 1.63. The Hall–Kier alpha value is -3.97. The molecule has 5 rings (SSSR count). The van der Waals surface area contributed by atoms with E-state index in [-0.39, 0.29) is 11.5 Å². The lowest BCUT2D eigenvalue weighted by atomic mass is 10.1. The summed E-state index contributed by atoms with van der Waals surface area (Å²) in [7, 11) is 0. The van der Waals surface area contributed by atoms with Gasteiger partial charge in [-0.2, -0.15) is 10.1 Å². The zero-order valence-corrected chi connectivity index (χ0v) is 17.6. The Labute approximate surface area is 187 Å². The molecule has 2 aromatic heterocycles. The highest BCUT2D eigenvalue weighted by Gasteiger charge is 2.15. The third-order valence-corrected chi connectivity index (χ3v) is 5.54. The number of rotatable bonds is 5. The molecule has 0 saturated carbocycles. The van der Waals surface area contributed by atoms with Gasteiger partial charge in [-0.1, -0.05) is 54.1 Å². The highest BCUT2D eigenvalue weighted by molar-refractivity contribution is 6.30. The van der Waals surface area contributed by atoms with Crippen LogP contribution in [0.25, 0.3) is 27.8 Å². The molecule has 8 heteroatoms. The summed E-state index contributed by atoms with van der Waals surface area (Å²) in [5.74, 6) is -0.221. The maximum Gasteiger partial charge on any atom is 0.281 e. The standard InChI is InChI=1S/C24H18ClN5O2/c25-18-9-6-15(7-10-18)12-13-26-23(31)17-8-11-19-20(14-17)30-22(27-24(19)32)21(28-29-30)16-4-2-1-3-5-16/h1-11,14,29H,12-13H2,(H,26,31). The lowest BCUT2D eigenvalue weighted by Gasteiger charge is -2.07. The number of benzene rings is 3. The molecule has 0 atom stereocenters. The van der Waals surface area contributed by atoms with Crippen LogP contribution in [0.2, 0.25) is 5.02 Å². The molecular formula is C24H18ClN5O2. The van der Waals surface area contributed by atoms with Crippen LogP contribution >= 0.6 is 11.6 Å². The molecule has 158 valence electrons. The van der Waals surface area contributed by atoms with Crippen molar-refractivity contribution >= 4 is 34.1 Å². The van der Waals surface area contributed by atoms with E-state index >= 15 is 0 Å². The second-order valence-corrected chi connectivity index (χ2v) is 7.80. The fourth-order valence-electron chi connectivity index (χ4n) is 3.63. The van der Waals surface area contributed by atoms with E-state index in [1.165, 1.54) is 0 Å². The number of fused-ring (bicyclic) bond motifs is 3. The number of aromatic amines is 1. The largest absolute Gasteiger partial charge is 0.352 e. The van der Waals surface area contributed by atoms with Gasteiger partial charge in [0.25, 0.3) is 11.5 Å². The van der Waals surface area contributed by atoms with E-state index < -0.39 is 0 Å². The summed E-state index contributed by atoms with van der Waals surface area (Å²) in [5, 5.41) is 11.3. The zero-order chi connectivity index (χ0) is 22.1. The molecule has 0 saturated heterocycles. The first-order chi connectivity index (χ1) is 15.6. The van der Waals surface area contributed by atoms with Crippen LogP contribution in [0.1, 0.15) is 15.9 Å². The van der Waals surface area contributed by atoms with Crippen molar-refractivity contribution in [2.45, 2.75) is 6.42 Å². The number of carbonyl (C=O) groups is 1. The van der Waals surface area contributed by atoms with Crippen LogP contribution < -0.4 is 10.9 Å². The van der Waals surface area contributed by atoms with Crippen LogP contribution in [0.3, 0.4) is 0 Å². The second kappa shape index (κ2) is 8.28. The Morgan fingerprint density at radius 3 is 2.59 bits per heavy atom. The van der Waals surface area contributed by atoms with Crippen molar-refractivity contribution in [1.29, 1.82) is 0 Å². The zero-order valence-electron chi connectivity index (χ0n) is 16.9. The number of H-pyrrole nitrogens is 1. The first-order valence-corrected chi connectivity index (χ1v) is 10.5. The predicted molar refractivity (Wildman–Crippen MR) is 124 cm³/mol. The number of nitrogens with one attached hydrogen (secondary N) is 2. The van der Waals surface area contributed by atoms with Gasteiger partial charge in [0.15, 0.2) is 5.65 Å². The maximum absolute atomic E-state index is 12.7. The minimum absolute atomic E-state index is 0.221. The van der Waals surface area contributed by atoms with Crippen molar-refractivity contribution in [2.24, 2.45) is 0 Å². The molecule has 2 heterocycles. The van der Waals surface area contributed by atoms with Gasteiger partial charge in [-0.25, -0.2) is 9.73 Å². The van der Waals surface area contributed by atoms with E-state index in [4.69, 9.17) is 11.6 Å². The molecule has 0 aliphatic carbocycles. The molecule has 0 bridgehead atoms. The Kier molecular flexibility index (Phi) is 5.17. The fraction of sp³-hybridized carbons (Fsp3) is 0.0833. The summed E-state index contributed by atoms with van der Waals surface area (Å²) in [6.45, 7) is 0.479. The van der Waals surface area contributed by atoms with Gasteiger partial charge in [-0.05, 0) is 42.3 Å². The molecule has 32 heavy (non-hydrogen) atoms.